The second-order valence-electron chi connectivity index (χ2n) is 6.91. The summed E-state index contributed by atoms with van der Waals surface area (Å²) >= 11 is 0. The maximum atomic E-state index is 13.0. The van der Waals surface area contributed by atoms with Crippen LogP contribution in [0.4, 0.5) is 4.39 Å². The van der Waals surface area contributed by atoms with Crippen LogP contribution in [0.5, 0.6) is 0 Å². The summed E-state index contributed by atoms with van der Waals surface area (Å²) in [6.45, 7) is 3.86. The van der Waals surface area contributed by atoms with Gasteiger partial charge in [0.1, 0.15) is 11.4 Å². The summed E-state index contributed by atoms with van der Waals surface area (Å²) in [5, 5.41) is 10.8. The number of rotatable bonds is 3. The van der Waals surface area contributed by atoms with Gasteiger partial charge in [-0.2, -0.15) is 0 Å². The molecule has 0 spiro atoms. The van der Waals surface area contributed by atoms with Gasteiger partial charge in [-0.3, -0.25) is 4.79 Å². The fraction of sp³-hybridized carbons (Fsp3) is 0.611. The van der Waals surface area contributed by atoms with Gasteiger partial charge in [-0.25, -0.2) is 4.39 Å². The van der Waals surface area contributed by atoms with E-state index < -0.39 is 5.60 Å². The third kappa shape index (κ3) is 3.90. The van der Waals surface area contributed by atoms with Gasteiger partial charge in [0.25, 0.3) is 5.91 Å². The molecule has 0 bridgehead atoms. The average Bonchev–Trinajstić information content (AvgIpc) is 2.58. The van der Waals surface area contributed by atoms with Crippen molar-refractivity contribution in [3.8, 4) is 0 Å². The SMILES string of the molecule is O=C(C[NH+]1CCC(O)(c2ccc(F)cc2)CC1)N1CCCCC1. The molecule has 1 aromatic carbocycles. The predicted octanol–water partition coefficient (Wildman–Crippen LogP) is 0.705. The molecule has 0 aliphatic carbocycles. The first-order valence-electron chi connectivity index (χ1n) is 8.67. The van der Waals surface area contributed by atoms with Crippen LogP contribution >= 0.6 is 0 Å². The van der Waals surface area contributed by atoms with E-state index >= 15 is 0 Å². The van der Waals surface area contributed by atoms with Gasteiger partial charge in [0.15, 0.2) is 6.54 Å². The lowest BCUT2D eigenvalue weighted by Gasteiger charge is -2.37. The molecule has 3 rings (SSSR count). The second kappa shape index (κ2) is 6.97. The van der Waals surface area contributed by atoms with Gasteiger partial charge in [0, 0.05) is 25.9 Å². The van der Waals surface area contributed by atoms with E-state index in [9.17, 15) is 14.3 Å². The first-order chi connectivity index (χ1) is 11.1. The number of benzene rings is 1. The lowest BCUT2D eigenvalue weighted by atomic mass is 9.84. The molecule has 23 heavy (non-hydrogen) atoms. The van der Waals surface area contributed by atoms with Crippen molar-refractivity contribution >= 4 is 5.91 Å². The highest BCUT2D eigenvalue weighted by Gasteiger charge is 2.37. The van der Waals surface area contributed by atoms with E-state index in [0.717, 1.165) is 44.6 Å². The van der Waals surface area contributed by atoms with Crippen LogP contribution in [-0.4, -0.2) is 48.6 Å². The molecule has 0 aromatic heterocycles. The number of hydrogen-bond donors (Lipinski definition) is 2. The van der Waals surface area contributed by atoms with Gasteiger partial charge >= 0.3 is 0 Å². The second-order valence-corrected chi connectivity index (χ2v) is 6.91. The van der Waals surface area contributed by atoms with E-state index in [1.165, 1.54) is 23.5 Å². The quantitative estimate of drug-likeness (QED) is 0.861. The average molecular weight is 321 g/mol. The van der Waals surface area contributed by atoms with Gasteiger partial charge in [0.05, 0.1) is 13.1 Å². The number of quaternary nitrogens is 1. The lowest BCUT2D eigenvalue weighted by Crippen LogP contribution is -3.14. The Balaban J connectivity index is 1.53. The van der Waals surface area contributed by atoms with Crippen molar-refractivity contribution in [3.05, 3.63) is 35.6 Å². The molecular weight excluding hydrogens is 295 g/mol. The first kappa shape index (κ1) is 16.4. The van der Waals surface area contributed by atoms with Gasteiger partial charge in [-0.1, -0.05) is 12.1 Å². The van der Waals surface area contributed by atoms with Gasteiger partial charge in [-0.15, -0.1) is 0 Å². The van der Waals surface area contributed by atoms with Crippen molar-refractivity contribution in [1.29, 1.82) is 0 Å². The molecular formula is C18H26FN2O2+. The van der Waals surface area contributed by atoms with E-state index in [4.69, 9.17) is 0 Å². The summed E-state index contributed by atoms with van der Waals surface area (Å²) in [7, 11) is 0. The zero-order valence-electron chi connectivity index (χ0n) is 13.6. The number of halogens is 1. The minimum Gasteiger partial charge on any atom is -0.385 e. The Morgan fingerprint density at radius 1 is 1.13 bits per heavy atom. The monoisotopic (exact) mass is 321 g/mol. The Morgan fingerprint density at radius 3 is 2.35 bits per heavy atom. The highest BCUT2D eigenvalue weighted by molar-refractivity contribution is 5.77. The van der Waals surface area contributed by atoms with Crippen molar-refractivity contribution in [1.82, 2.24) is 4.90 Å². The highest BCUT2D eigenvalue weighted by Crippen LogP contribution is 2.29. The molecule has 0 atom stereocenters. The van der Waals surface area contributed by atoms with Crippen LogP contribution in [0.3, 0.4) is 0 Å². The Morgan fingerprint density at radius 2 is 1.74 bits per heavy atom. The Hall–Kier alpha value is -1.46. The molecule has 4 nitrogen and oxygen atoms in total. The number of carbonyl (C=O) groups is 1. The predicted molar refractivity (Wildman–Crippen MR) is 85.5 cm³/mol. The number of likely N-dealkylation sites (tertiary alicyclic amines) is 2. The first-order valence-corrected chi connectivity index (χ1v) is 8.67. The van der Waals surface area contributed by atoms with Crippen LogP contribution in [0.15, 0.2) is 24.3 Å². The van der Waals surface area contributed by atoms with E-state index in [1.54, 1.807) is 12.1 Å². The largest absolute Gasteiger partial charge is 0.385 e. The van der Waals surface area contributed by atoms with E-state index in [-0.39, 0.29) is 11.7 Å². The fourth-order valence-corrected chi connectivity index (χ4v) is 3.71. The standard InChI is InChI=1S/C18H25FN2O2/c19-16-6-4-15(5-7-16)18(23)8-12-20(13-9-18)14-17(22)21-10-2-1-3-11-21/h4-7,23H,1-3,8-14H2/p+1. The van der Waals surface area contributed by atoms with Crippen LogP contribution in [0.1, 0.15) is 37.7 Å². The maximum Gasteiger partial charge on any atom is 0.277 e. The summed E-state index contributed by atoms with van der Waals surface area (Å²) in [5.74, 6) is -0.0422. The maximum absolute atomic E-state index is 13.0. The third-order valence-electron chi connectivity index (χ3n) is 5.28. The molecule has 5 heteroatoms. The molecule has 0 unspecified atom stereocenters. The number of nitrogens with zero attached hydrogens (tertiary/aromatic N) is 1. The van der Waals surface area contributed by atoms with Crippen molar-refractivity contribution in [2.45, 2.75) is 37.7 Å². The normalized spacial score (nSPS) is 28.6. The molecule has 2 heterocycles. The molecule has 0 saturated carbocycles. The summed E-state index contributed by atoms with van der Waals surface area (Å²) in [4.78, 5) is 15.6. The number of aliphatic hydroxyl groups is 1. The van der Waals surface area contributed by atoms with E-state index in [1.807, 2.05) is 4.90 Å². The number of piperidine rings is 2. The van der Waals surface area contributed by atoms with Crippen LogP contribution < -0.4 is 4.90 Å². The third-order valence-corrected chi connectivity index (χ3v) is 5.28. The van der Waals surface area contributed by atoms with Crippen molar-refractivity contribution in [3.63, 3.8) is 0 Å². The Labute approximate surface area is 136 Å². The Kier molecular flexibility index (Phi) is 4.97. The summed E-state index contributed by atoms with van der Waals surface area (Å²) in [5.41, 5.74) is -0.105. The molecule has 2 fully saturated rings. The molecule has 0 radical (unpaired) electrons. The van der Waals surface area contributed by atoms with Crippen molar-refractivity contribution in [2.75, 3.05) is 32.7 Å². The van der Waals surface area contributed by atoms with Crippen molar-refractivity contribution in [2.24, 2.45) is 0 Å². The van der Waals surface area contributed by atoms with Gasteiger partial charge in [0.2, 0.25) is 0 Å². The summed E-state index contributed by atoms with van der Waals surface area (Å²) in [6, 6.07) is 6.12. The number of carbonyl (C=O) groups excluding carboxylic acids is 1. The zero-order valence-corrected chi connectivity index (χ0v) is 13.6. The van der Waals surface area contributed by atoms with E-state index in [2.05, 4.69) is 0 Å². The van der Waals surface area contributed by atoms with Crippen LogP contribution in [0, 0.1) is 5.82 Å². The molecule has 2 N–H and O–H groups in total. The van der Waals surface area contributed by atoms with Crippen molar-refractivity contribution < 1.29 is 19.2 Å². The fourth-order valence-electron chi connectivity index (χ4n) is 3.71. The topological polar surface area (TPSA) is 45.0 Å². The molecule has 1 amide bonds. The minimum atomic E-state index is -0.884. The molecule has 1 aromatic rings. The zero-order chi connectivity index (χ0) is 16.3. The van der Waals surface area contributed by atoms with Crippen LogP contribution in [-0.2, 0) is 10.4 Å². The summed E-state index contributed by atoms with van der Waals surface area (Å²) < 4.78 is 13.0. The van der Waals surface area contributed by atoms with E-state index in [0.29, 0.717) is 19.4 Å². The van der Waals surface area contributed by atoms with Crippen LogP contribution in [0.25, 0.3) is 0 Å². The number of nitrogens with one attached hydrogen (secondary N) is 1. The highest BCUT2D eigenvalue weighted by atomic mass is 19.1. The molecule has 2 aliphatic heterocycles. The minimum absolute atomic E-state index is 0.243. The lowest BCUT2D eigenvalue weighted by molar-refractivity contribution is -0.900. The molecule has 126 valence electrons. The van der Waals surface area contributed by atoms with Crippen LogP contribution in [0.2, 0.25) is 0 Å². The summed E-state index contributed by atoms with van der Waals surface area (Å²) in [6.07, 6.45) is 4.68. The molecule has 2 aliphatic rings. The smallest absolute Gasteiger partial charge is 0.277 e. The molecule has 2 saturated heterocycles. The Bertz CT molecular complexity index is 532. The van der Waals surface area contributed by atoms with Gasteiger partial charge in [-0.05, 0) is 37.0 Å². The van der Waals surface area contributed by atoms with Gasteiger partial charge < -0.3 is 14.9 Å². The number of hydrogen-bond acceptors (Lipinski definition) is 2. The number of amides is 1.